The maximum absolute atomic E-state index is 12.6. The summed E-state index contributed by atoms with van der Waals surface area (Å²) in [5.74, 6) is 0.0299. The summed E-state index contributed by atoms with van der Waals surface area (Å²) in [6.07, 6.45) is -0.332. The standard InChI is InChI=1S/C18H26N2O3/c1-13-11-20(17(22)23-18(3,4)5)16(12-19(13)14(2)21)15-9-7-6-8-10-15/h6-10,13,16H,11-12H2,1-5H3. The molecule has 1 aliphatic rings. The van der Waals surface area contributed by atoms with Crippen LogP contribution in [0, 0.1) is 0 Å². The normalized spacial score (nSPS) is 22.0. The van der Waals surface area contributed by atoms with Crippen molar-refractivity contribution >= 4 is 12.0 Å². The highest BCUT2D eigenvalue weighted by Gasteiger charge is 2.38. The van der Waals surface area contributed by atoms with Crippen LogP contribution in [0.4, 0.5) is 4.79 Å². The van der Waals surface area contributed by atoms with E-state index in [-0.39, 0.29) is 24.1 Å². The van der Waals surface area contributed by atoms with Gasteiger partial charge in [-0.1, -0.05) is 30.3 Å². The third-order valence-electron chi connectivity index (χ3n) is 3.96. The van der Waals surface area contributed by atoms with E-state index >= 15 is 0 Å². The van der Waals surface area contributed by atoms with Crippen LogP contribution in [0.1, 0.15) is 46.2 Å². The first kappa shape index (κ1) is 17.3. The van der Waals surface area contributed by atoms with Gasteiger partial charge in [-0.3, -0.25) is 9.69 Å². The highest BCUT2D eigenvalue weighted by molar-refractivity contribution is 5.75. The summed E-state index contributed by atoms with van der Waals surface area (Å²) in [4.78, 5) is 28.1. The molecule has 5 nitrogen and oxygen atoms in total. The van der Waals surface area contributed by atoms with E-state index in [0.29, 0.717) is 13.1 Å². The van der Waals surface area contributed by atoms with Crippen LogP contribution in [0.25, 0.3) is 0 Å². The van der Waals surface area contributed by atoms with Gasteiger partial charge in [0.2, 0.25) is 5.91 Å². The molecule has 1 fully saturated rings. The molecule has 1 aromatic carbocycles. The molecule has 1 heterocycles. The van der Waals surface area contributed by atoms with Crippen molar-refractivity contribution in [2.24, 2.45) is 0 Å². The van der Waals surface area contributed by atoms with E-state index in [1.807, 2.05) is 62.9 Å². The molecule has 1 aliphatic heterocycles. The van der Waals surface area contributed by atoms with Crippen LogP contribution >= 0.6 is 0 Å². The zero-order chi connectivity index (χ0) is 17.2. The van der Waals surface area contributed by atoms with Crippen molar-refractivity contribution in [3.63, 3.8) is 0 Å². The molecule has 1 saturated heterocycles. The monoisotopic (exact) mass is 318 g/mol. The Labute approximate surface area is 138 Å². The predicted molar refractivity (Wildman–Crippen MR) is 89.0 cm³/mol. The quantitative estimate of drug-likeness (QED) is 0.799. The lowest BCUT2D eigenvalue weighted by molar-refractivity contribution is -0.135. The number of hydrogen-bond donors (Lipinski definition) is 0. The van der Waals surface area contributed by atoms with Gasteiger partial charge >= 0.3 is 6.09 Å². The topological polar surface area (TPSA) is 49.9 Å². The summed E-state index contributed by atoms with van der Waals surface area (Å²) >= 11 is 0. The molecule has 0 bridgehead atoms. The summed E-state index contributed by atoms with van der Waals surface area (Å²) in [5.41, 5.74) is 0.468. The highest BCUT2D eigenvalue weighted by atomic mass is 16.6. The van der Waals surface area contributed by atoms with E-state index in [9.17, 15) is 9.59 Å². The molecule has 0 spiro atoms. The molecule has 2 unspecified atom stereocenters. The molecular formula is C18H26N2O3. The number of piperazine rings is 1. The van der Waals surface area contributed by atoms with Gasteiger partial charge < -0.3 is 9.64 Å². The molecule has 0 N–H and O–H groups in total. The van der Waals surface area contributed by atoms with E-state index in [2.05, 4.69) is 0 Å². The van der Waals surface area contributed by atoms with Gasteiger partial charge in [0, 0.05) is 26.1 Å². The number of carbonyl (C=O) groups is 2. The number of nitrogens with zero attached hydrogens (tertiary/aromatic N) is 2. The molecule has 2 rings (SSSR count). The second-order valence-electron chi connectivity index (χ2n) is 7.08. The van der Waals surface area contributed by atoms with Gasteiger partial charge in [-0.05, 0) is 33.3 Å². The second kappa shape index (κ2) is 6.60. The lowest BCUT2D eigenvalue weighted by Crippen LogP contribution is -2.57. The zero-order valence-corrected chi connectivity index (χ0v) is 14.6. The third kappa shape index (κ3) is 4.24. The van der Waals surface area contributed by atoms with Crippen LogP contribution in [0.5, 0.6) is 0 Å². The zero-order valence-electron chi connectivity index (χ0n) is 14.6. The smallest absolute Gasteiger partial charge is 0.410 e. The molecule has 126 valence electrons. The number of rotatable bonds is 1. The first-order valence-electron chi connectivity index (χ1n) is 8.01. The van der Waals surface area contributed by atoms with Crippen molar-refractivity contribution in [2.45, 2.75) is 52.3 Å². The van der Waals surface area contributed by atoms with Crippen molar-refractivity contribution in [3.8, 4) is 0 Å². The Bertz CT molecular complexity index is 565. The van der Waals surface area contributed by atoms with Gasteiger partial charge in [-0.25, -0.2) is 4.79 Å². The van der Waals surface area contributed by atoms with Crippen LogP contribution in [0.3, 0.4) is 0 Å². The molecule has 5 heteroatoms. The molecule has 0 aliphatic carbocycles. The minimum Gasteiger partial charge on any atom is -0.444 e. The lowest BCUT2D eigenvalue weighted by atomic mass is 10.00. The molecule has 23 heavy (non-hydrogen) atoms. The van der Waals surface area contributed by atoms with Crippen LogP contribution in [-0.2, 0) is 9.53 Å². The summed E-state index contributed by atoms with van der Waals surface area (Å²) in [6.45, 7) is 10.1. The lowest BCUT2D eigenvalue weighted by Gasteiger charge is -2.45. The fourth-order valence-corrected chi connectivity index (χ4v) is 2.90. The Morgan fingerprint density at radius 2 is 1.70 bits per heavy atom. The van der Waals surface area contributed by atoms with Crippen molar-refractivity contribution < 1.29 is 14.3 Å². The van der Waals surface area contributed by atoms with Crippen LogP contribution < -0.4 is 0 Å². The van der Waals surface area contributed by atoms with Gasteiger partial charge in [-0.15, -0.1) is 0 Å². The maximum atomic E-state index is 12.6. The molecule has 2 atom stereocenters. The first-order chi connectivity index (χ1) is 10.7. The van der Waals surface area contributed by atoms with Crippen molar-refractivity contribution in [3.05, 3.63) is 35.9 Å². The van der Waals surface area contributed by atoms with Crippen molar-refractivity contribution in [2.75, 3.05) is 13.1 Å². The largest absolute Gasteiger partial charge is 0.444 e. The second-order valence-corrected chi connectivity index (χ2v) is 7.08. The minimum atomic E-state index is -0.542. The summed E-state index contributed by atoms with van der Waals surface area (Å²) in [5, 5.41) is 0. The number of ether oxygens (including phenoxy) is 1. The maximum Gasteiger partial charge on any atom is 0.410 e. The summed E-state index contributed by atoms with van der Waals surface area (Å²) in [7, 11) is 0. The van der Waals surface area contributed by atoms with E-state index in [1.54, 1.807) is 11.8 Å². The number of hydrogen-bond acceptors (Lipinski definition) is 3. The third-order valence-corrected chi connectivity index (χ3v) is 3.96. The van der Waals surface area contributed by atoms with E-state index in [0.717, 1.165) is 5.56 Å². The number of carbonyl (C=O) groups excluding carboxylic acids is 2. The molecule has 0 radical (unpaired) electrons. The van der Waals surface area contributed by atoms with Gasteiger partial charge in [0.1, 0.15) is 5.60 Å². The van der Waals surface area contributed by atoms with Gasteiger partial charge in [0.05, 0.1) is 6.04 Å². The van der Waals surface area contributed by atoms with Gasteiger partial charge in [0.15, 0.2) is 0 Å². The molecule has 0 aromatic heterocycles. The Morgan fingerprint density at radius 3 is 2.22 bits per heavy atom. The molecule has 2 amide bonds. The molecule has 1 aromatic rings. The predicted octanol–water partition coefficient (Wildman–Crippen LogP) is 3.22. The average Bonchev–Trinajstić information content (AvgIpc) is 2.45. The Hall–Kier alpha value is -2.04. The number of benzene rings is 1. The average molecular weight is 318 g/mol. The minimum absolute atomic E-state index is 0.0278. The van der Waals surface area contributed by atoms with E-state index < -0.39 is 5.60 Å². The van der Waals surface area contributed by atoms with Gasteiger partial charge in [0.25, 0.3) is 0 Å². The van der Waals surface area contributed by atoms with Crippen molar-refractivity contribution in [1.29, 1.82) is 0 Å². The number of amides is 2. The van der Waals surface area contributed by atoms with Crippen LogP contribution in [0.2, 0.25) is 0 Å². The van der Waals surface area contributed by atoms with E-state index in [4.69, 9.17) is 4.74 Å². The summed E-state index contributed by atoms with van der Waals surface area (Å²) < 4.78 is 5.56. The van der Waals surface area contributed by atoms with Crippen molar-refractivity contribution in [1.82, 2.24) is 9.80 Å². The highest BCUT2D eigenvalue weighted by Crippen LogP contribution is 2.29. The molecule has 0 saturated carbocycles. The van der Waals surface area contributed by atoms with E-state index in [1.165, 1.54) is 0 Å². The summed E-state index contributed by atoms with van der Waals surface area (Å²) in [6, 6.07) is 9.57. The van der Waals surface area contributed by atoms with Gasteiger partial charge in [-0.2, -0.15) is 0 Å². The fraction of sp³-hybridized carbons (Fsp3) is 0.556. The Kier molecular flexibility index (Phi) is 4.97. The van der Waals surface area contributed by atoms with Crippen LogP contribution in [0.15, 0.2) is 30.3 Å². The Morgan fingerprint density at radius 1 is 1.09 bits per heavy atom. The first-order valence-corrected chi connectivity index (χ1v) is 8.01. The Balaban J connectivity index is 2.30. The van der Waals surface area contributed by atoms with Crippen LogP contribution in [-0.4, -0.2) is 46.5 Å². The fourth-order valence-electron chi connectivity index (χ4n) is 2.90. The molecular weight excluding hydrogens is 292 g/mol. The SMILES string of the molecule is CC(=O)N1CC(c2ccccc2)N(C(=O)OC(C)(C)C)CC1C.